The Bertz CT molecular complexity index is 781. The fraction of sp³-hybridized carbons (Fsp3) is 0.500. The normalized spacial score (nSPS) is 23.7. The van der Waals surface area contributed by atoms with Gasteiger partial charge in [0.15, 0.2) is 0 Å². The van der Waals surface area contributed by atoms with Crippen LogP contribution in [0.5, 0.6) is 0 Å². The maximum atomic E-state index is 10.5. The Balaban J connectivity index is 1.57. The van der Waals surface area contributed by atoms with Crippen molar-refractivity contribution in [2.45, 2.75) is 44.9 Å². The predicted octanol–water partition coefficient (Wildman–Crippen LogP) is 3.04. The van der Waals surface area contributed by atoms with E-state index in [1.807, 2.05) is 13.0 Å². The number of fused-ring (bicyclic) bond motifs is 1. The number of nitrogens with zero attached hydrogens (tertiary/aromatic N) is 4. The Morgan fingerprint density at radius 3 is 2.77 bits per heavy atom. The number of halogens is 1. The molecule has 2 aliphatic heterocycles. The van der Waals surface area contributed by atoms with Gasteiger partial charge in [0.05, 0.1) is 11.3 Å². The summed E-state index contributed by atoms with van der Waals surface area (Å²) in [6.07, 6.45) is 2.70. The summed E-state index contributed by atoms with van der Waals surface area (Å²) in [4.78, 5) is 13.6. The summed E-state index contributed by atoms with van der Waals surface area (Å²) in [6, 6.07) is 10.5. The Kier molecular flexibility index (Phi) is 4.86. The lowest BCUT2D eigenvalue weighted by molar-refractivity contribution is 0.0446. The van der Waals surface area contributed by atoms with E-state index in [1.165, 1.54) is 11.1 Å². The van der Waals surface area contributed by atoms with Gasteiger partial charge in [-0.1, -0.05) is 30.3 Å². The molecule has 6 heteroatoms. The van der Waals surface area contributed by atoms with E-state index < -0.39 is 5.60 Å². The number of aromatic nitrogens is 2. The molecule has 1 N–H and O–H groups in total. The van der Waals surface area contributed by atoms with Gasteiger partial charge in [0.2, 0.25) is 5.28 Å². The molecular weight excluding hydrogens is 348 g/mol. The fourth-order valence-corrected chi connectivity index (χ4v) is 4.26. The molecule has 0 aliphatic carbocycles. The number of piperidine rings is 1. The van der Waals surface area contributed by atoms with Crippen molar-refractivity contribution in [2.24, 2.45) is 0 Å². The maximum Gasteiger partial charge on any atom is 0.224 e. The third-order valence-corrected chi connectivity index (χ3v) is 5.49. The average Bonchev–Trinajstić information content (AvgIpc) is 2.61. The molecule has 1 aromatic heterocycles. The predicted molar refractivity (Wildman–Crippen MR) is 103 cm³/mol. The zero-order valence-electron chi connectivity index (χ0n) is 15.2. The third kappa shape index (κ3) is 3.85. The molecule has 0 amide bonds. The van der Waals surface area contributed by atoms with E-state index in [2.05, 4.69) is 44.0 Å². The van der Waals surface area contributed by atoms with Crippen molar-refractivity contribution in [3.8, 4) is 0 Å². The van der Waals surface area contributed by atoms with Gasteiger partial charge in [0.1, 0.15) is 5.82 Å². The van der Waals surface area contributed by atoms with Gasteiger partial charge >= 0.3 is 0 Å². The first-order valence-corrected chi connectivity index (χ1v) is 9.67. The summed E-state index contributed by atoms with van der Waals surface area (Å²) < 4.78 is 0. The monoisotopic (exact) mass is 372 g/mol. The van der Waals surface area contributed by atoms with Crippen molar-refractivity contribution in [3.63, 3.8) is 0 Å². The van der Waals surface area contributed by atoms with Crippen LogP contribution in [0.1, 0.15) is 36.6 Å². The summed E-state index contributed by atoms with van der Waals surface area (Å²) in [5.41, 5.74) is 2.85. The number of hydrogen-bond donors (Lipinski definition) is 1. The topological polar surface area (TPSA) is 52.5 Å². The Morgan fingerprint density at radius 2 is 2.00 bits per heavy atom. The van der Waals surface area contributed by atoms with Crippen molar-refractivity contribution in [1.29, 1.82) is 0 Å². The van der Waals surface area contributed by atoms with Crippen molar-refractivity contribution >= 4 is 17.4 Å². The molecule has 2 aromatic rings. The largest absolute Gasteiger partial charge is 0.388 e. The van der Waals surface area contributed by atoms with Crippen LogP contribution in [0, 0.1) is 0 Å². The van der Waals surface area contributed by atoms with E-state index in [1.54, 1.807) is 0 Å². The van der Waals surface area contributed by atoms with Crippen molar-refractivity contribution < 1.29 is 5.11 Å². The fourth-order valence-electron chi connectivity index (χ4n) is 4.07. The first-order valence-electron chi connectivity index (χ1n) is 9.29. The number of hydrogen-bond acceptors (Lipinski definition) is 5. The van der Waals surface area contributed by atoms with Gasteiger partial charge < -0.3 is 10.0 Å². The summed E-state index contributed by atoms with van der Waals surface area (Å²) in [5.74, 6) is 0.916. The van der Waals surface area contributed by atoms with Crippen LogP contribution >= 0.6 is 11.6 Å². The molecule has 0 bridgehead atoms. The lowest BCUT2D eigenvalue weighted by atomic mass is 9.94. The molecule has 4 rings (SSSR count). The first kappa shape index (κ1) is 17.7. The molecular formula is C20H25ClN4O. The molecule has 1 atom stereocenters. The molecule has 0 spiro atoms. The van der Waals surface area contributed by atoms with Crippen LogP contribution in [0.2, 0.25) is 5.28 Å². The molecule has 1 fully saturated rings. The van der Waals surface area contributed by atoms with Crippen LogP contribution in [-0.2, 0) is 19.5 Å². The Labute approximate surface area is 159 Å². The SMILES string of the molecule is C[C@@]1(O)CCCN(c2nc(Cl)nc3c2CCN(Cc2ccccc2)C3)C1. The van der Waals surface area contributed by atoms with E-state index in [-0.39, 0.29) is 0 Å². The smallest absolute Gasteiger partial charge is 0.224 e. The number of benzene rings is 1. The second-order valence-corrected chi connectivity index (χ2v) is 8.05. The first-order chi connectivity index (χ1) is 12.5. The summed E-state index contributed by atoms with van der Waals surface area (Å²) in [6.45, 7) is 6.07. The van der Waals surface area contributed by atoms with E-state index in [0.717, 1.165) is 57.0 Å². The van der Waals surface area contributed by atoms with Crippen LogP contribution in [0.25, 0.3) is 0 Å². The summed E-state index contributed by atoms with van der Waals surface area (Å²) >= 11 is 6.25. The highest BCUT2D eigenvalue weighted by molar-refractivity contribution is 6.28. The molecule has 1 saturated heterocycles. The Hall–Kier alpha value is -1.69. The van der Waals surface area contributed by atoms with Crippen LogP contribution in [0.3, 0.4) is 0 Å². The quantitative estimate of drug-likeness (QED) is 0.839. The minimum Gasteiger partial charge on any atom is -0.388 e. The van der Waals surface area contributed by atoms with Crippen molar-refractivity contribution in [1.82, 2.24) is 14.9 Å². The zero-order chi connectivity index (χ0) is 18.1. The summed E-state index contributed by atoms with van der Waals surface area (Å²) in [7, 11) is 0. The van der Waals surface area contributed by atoms with Gasteiger partial charge in [-0.05, 0) is 43.4 Å². The molecule has 3 heterocycles. The third-order valence-electron chi connectivity index (χ3n) is 5.32. The van der Waals surface area contributed by atoms with Crippen LogP contribution in [-0.4, -0.2) is 45.2 Å². The second-order valence-electron chi connectivity index (χ2n) is 7.71. The standard InChI is InChI=1S/C20H25ClN4O/c1-20(26)9-5-10-25(14-20)18-16-8-11-24(12-15-6-3-2-4-7-15)13-17(16)22-19(21)23-18/h2-4,6-7,26H,5,8-14H2,1H3/t20-/m1/s1. The molecule has 0 saturated carbocycles. The average molecular weight is 373 g/mol. The van der Waals surface area contributed by atoms with Gasteiger partial charge in [-0.25, -0.2) is 9.97 Å². The number of anilines is 1. The van der Waals surface area contributed by atoms with Gasteiger partial charge in [-0.15, -0.1) is 0 Å². The maximum absolute atomic E-state index is 10.5. The van der Waals surface area contributed by atoms with Gasteiger partial charge in [0.25, 0.3) is 0 Å². The van der Waals surface area contributed by atoms with E-state index in [0.29, 0.717) is 11.8 Å². The van der Waals surface area contributed by atoms with Crippen molar-refractivity contribution in [2.75, 3.05) is 24.5 Å². The highest BCUT2D eigenvalue weighted by Gasteiger charge is 2.32. The molecule has 5 nitrogen and oxygen atoms in total. The number of β-amino-alcohol motifs (C(OH)–C–C–N with tert-alkyl or cyclic N) is 1. The molecule has 1 aromatic carbocycles. The molecule has 0 unspecified atom stereocenters. The van der Waals surface area contributed by atoms with Crippen LogP contribution < -0.4 is 4.90 Å². The van der Waals surface area contributed by atoms with Crippen LogP contribution in [0.4, 0.5) is 5.82 Å². The second kappa shape index (κ2) is 7.14. The highest BCUT2D eigenvalue weighted by atomic mass is 35.5. The lowest BCUT2D eigenvalue weighted by Gasteiger charge is -2.39. The van der Waals surface area contributed by atoms with Gasteiger partial charge in [-0.2, -0.15) is 0 Å². The van der Waals surface area contributed by atoms with Crippen molar-refractivity contribution in [3.05, 3.63) is 52.4 Å². The number of aliphatic hydroxyl groups is 1. The molecule has 138 valence electrons. The van der Waals surface area contributed by atoms with E-state index >= 15 is 0 Å². The highest BCUT2D eigenvalue weighted by Crippen LogP contribution is 2.32. The molecule has 2 aliphatic rings. The minimum atomic E-state index is -0.670. The lowest BCUT2D eigenvalue weighted by Crippen LogP contribution is -2.47. The van der Waals surface area contributed by atoms with Crippen LogP contribution in [0.15, 0.2) is 30.3 Å². The van der Waals surface area contributed by atoms with Gasteiger partial charge in [0, 0.05) is 38.3 Å². The summed E-state index contributed by atoms with van der Waals surface area (Å²) in [5, 5.41) is 10.8. The minimum absolute atomic E-state index is 0.297. The zero-order valence-corrected chi connectivity index (χ0v) is 15.9. The van der Waals surface area contributed by atoms with E-state index in [4.69, 9.17) is 11.6 Å². The number of rotatable bonds is 3. The Morgan fingerprint density at radius 1 is 1.19 bits per heavy atom. The molecule has 0 radical (unpaired) electrons. The van der Waals surface area contributed by atoms with E-state index in [9.17, 15) is 5.11 Å². The van der Waals surface area contributed by atoms with Gasteiger partial charge in [-0.3, -0.25) is 4.90 Å². The molecule has 26 heavy (non-hydrogen) atoms.